The third kappa shape index (κ3) is 2.47. The Labute approximate surface area is 88.4 Å². The Hall–Kier alpha value is -1.10. The Morgan fingerprint density at radius 1 is 1.07 bits per heavy atom. The average molecular weight is 229 g/mol. The van der Waals surface area contributed by atoms with E-state index in [2.05, 4.69) is 0 Å². The van der Waals surface area contributed by atoms with Gasteiger partial charge in [0.05, 0.1) is 11.5 Å². The number of benzene rings is 1. The number of sulfone groups is 1. The molecule has 0 bridgehead atoms. The van der Waals surface area contributed by atoms with Crippen LogP contribution in [0.25, 0.3) is 0 Å². The highest BCUT2D eigenvalue weighted by atomic mass is 32.2. The third-order valence-electron chi connectivity index (χ3n) is 2.54. The van der Waals surface area contributed by atoms with E-state index >= 15 is 0 Å². The second-order valence-corrected chi connectivity index (χ2v) is 5.92. The maximum absolute atomic E-state index is 12.7. The van der Waals surface area contributed by atoms with Crippen LogP contribution < -0.4 is 4.90 Å². The zero-order valence-electron chi connectivity index (χ0n) is 8.19. The Balaban J connectivity index is 2.11. The van der Waals surface area contributed by atoms with Crippen LogP contribution in [0.2, 0.25) is 0 Å². The van der Waals surface area contributed by atoms with E-state index in [1.165, 1.54) is 12.1 Å². The summed E-state index contributed by atoms with van der Waals surface area (Å²) in [6.45, 7) is 0.988. The van der Waals surface area contributed by atoms with Gasteiger partial charge in [-0.1, -0.05) is 0 Å². The van der Waals surface area contributed by atoms with E-state index in [0.717, 1.165) is 5.69 Å². The molecule has 0 saturated carbocycles. The summed E-state index contributed by atoms with van der Waals surface area (Å²) in [5, 5.41) is 0. The molecular weight excluding hydrogens is 217 g/mol. The quantitative estimate of drug-likeness (QED) is 0.722. The fraction of sp³-hybridized carbons (Fsp3) is 0.400. The fourth-order valence-electron chi connectivity index (χ4n) is 1.62. The standard InChI is InChI=1S/C10H12FNO2S/c11-9-1-3-10(4-2-9)12-5-7-15(13,14)8-6-12/h1-4H,5-8H2. The van der Waals surface area contributed by atoms with Crippen LogP contribution >= 0.6 is 0 Å². The molecule has 1 aromatic rings. The van der Waals surface area contributed by atoms with Gasteiger partial charge in [0.15, 0.2) is 9.84 Å². The second-order valence-electron chi connectivity index (χ2n) is 3.62. The van der Waals surface area contributed by atoms with E-state index < -0.39 is 9.84 Å². The maximum atomic E-state index is 12.7. The molecule has 1 heterocycles. The normalized spacial score (nSPS) is 20.2. The molecule has 1 aliphatic heterocycles. The first-order valence-corrected chi connectivity index (χ1v) is 6.60. The molecule has 82 valence electrons. The summed E-state index contributed by atoms with van der Waals surface area (Å²) in [5.74, 6) is 0.0951. The highest BCUT2D eigenvalue weighted by Gasteiger charge is 2.21. The molecule has 1 saturated heterocycles. The summed E-state index contributed by atoms with van der Waals surface area (Å²) < 4.78 is 35.1. The Bertz CT molecular complexity index is 427. The van der Waals surface area contributed by atoms with E-state index in [-0.39, 0.29) is 17.3 Å². The van der Waals surface area contributed by atoms with Gasteiger partial charge >= 0.3 is 0 Å². The Morgan fingerprint density at radius 3 is 2.13 bits per heavy atom. The largest absolute Gasteiger partial charge is 0.369 e. The van der Waals surface area contributed by atoms with Crippen molar-refractivity contribution in [1.82, 2.24) is 0 Å². The van der Waals surface area contributed by atoms with Gasteiger partial charge in [-0.3, -0.25) is 0 Å². The number of anilines is 1. The minimum absolute atomic E-state index is 0.185. The van der Waals surface area contributed by atoms with Gasteiger partial charge in [0.25, 0.3) is 0 Å². The van der Waals surface area contributed by atoms with Crippen LogP contribution in [0, 0.1) is 5.82 Å². The first-order valence-electron chi connectivity index (χ1n) is 4.78. The smallest absolute Gasteiger partial charge is 0.153 e. The van der Waals surface area contributed by atoms with Gasteiger partial charge in [0.1, 0.15) is 5.82 Å². The lowest BCUT2D eigenvalue weighted by atomic mass is 10.3. The van der Waals surface area contributed by atoms with Gasteiger partial charge in [-0.2, -0.15) is 0 Å². The second kappa shape index (κ2) is 3.81. The molecule has 0 aromatic heterocycles. The minimum atomic E-state index is -2.85. The van der Waals surface area contributed by atoms with Crippen LogP contribution in [0.5, 0.6) is 0 Å². The Kier molecular flexibility index (Phi) is 2.65. The predicted molar refractivity (Wildman–Crippen MR) is 57.3 cm³/mol. The van der Waals surface area contributed by atoms with Crippen LogP contribution in [0.1, 0.15) is 0 Å². The molecule has 5 heteroatoms. The zero-order chi connectivity index (χ0) is 10.9. The van der Waals surface area contributed by atoms with E-state index in [9.17, 15) is 12.8 Å². The van der Waals surface area contributed by atoms with Crippen molar-refractivity contribution in [3.63, 3.8) is 0 Å². The summed E-state index contributed by atoms with van der Waals surface area (Å²) >= 11 is 0. The van der Waals surface area contributed by atoms with Crippen molar-refractivity contribution in [2.45, 2.75) is 0 Å². The summed E-state index contributed by atoms with van der Waals surface area (Å²) in [5.41, 5.74) is 0.881. The van der Waals surface area contributed by atoms with Gasteiger partial charge in [0, 0.05) is 18.8 Å². The highest BCUT2D eigenvalue weighted by molar-refractivity contribution is 7.91. The van der Waals surface area contributed by atoms with Crippen LogP contribution in [0.15, 0.2) is 24.3 Å². The zero-order valence-corrected chi connectivity index (χ0v) is 9.00. The van der Waals surface area contributed by atoms with E-state index in [4.69, 9.17) is 0 Å². The van der Waals surface area contributed by atoms with Gasteiger partial charge in [0.2, 0.25) is 0 Å². The molecule has 0 N–H and O–H groups in total. The Morgan fingerprint density at radius 2 is 1.60 bits per heavy atom. The van der Waals surface area contributed by atoms with Gasteiger partial charge in [-0.05, 0) is 24.3 Å². The van der Waals surface area contributed by atoms with Crippen LogP contribution in [0.4, 0.5) is 10.1 Å². The number of nitrogens with zero attached hydrogens (tertiary/aromatic N) is 1. The van der Waals surface area contributed by atoms with Crippen molar-refractivity contribution >= 4 is 15.5 Å². The van der Waals surface area contributed by atoms with Gasteiger partial charge in [-0.15, -0.1) is 0 Å². The average Bonchev–Trinajstić information content (AvgIpc) is 2.20. The number of hydrogen-bond acceptors (Lipinski definition) is 3. The lowest BCUT2D eigenvalue weighted by Crippen LogP contribution is -2.40. The molecule has 3 nitrogen and oxygen atoms in total. The molecule has 0 spiro atoms. The number of hydrogen-bond donors (Lipinski definition) is 0. The molecule has 0 radical (unpaired) electrons. The summed E-state index contributed by atoms with van der Waals surface area (Å²) in [6.07, 6.45) is 0. The SMILES string of the molecule is O=S1(=O)CCN(c2ccc(F)cc2)CC1. The minimum Gasteiger partial charge on any atom is -0.369 e. The molecule has 0 aliphatic carbocycles. The topological polar surface area (TPSA) is 37.4 Å². The molecule has 1 aliphatic rings. The summed E-state index contributed by atoms with van der Waals surface area (Å²) in [4.78, 5) is 1.96. The molecule has 2 rings (SSSR count). The van der Waals surface area contributed by atoms with Crippen molar-refractivity contribution in [2.75, 3.05) is 29.5 Å². The van der Waals surface area contributed by atoms with Crippen molar-refractivity contribution in [1.29, 1.82) is 0 Å². The van der Waals surface area contributed by atoms with Gasteiger partial charge in [-0.25, -0.2) is 12.8 Å². The molecular formula is C10H12FNO2S. The van der Waals surface area contributed by atoms with Crippen molar-refractivity contribution in [3.05, 3.63) is 30.1 Å². The molecule has 15 heavy (non-hydrogen) atoms. The lowest BCUT2D eigenvalue weighted by Gasteiger charge is -2.28. The molecule has 0 atom stereocenters. The summed E-state index contributed by atoms with van der Waals surface area (Å²) in [7, 11) is -2.85. The van der Waals surface area contributed by atoms with Crippen molar-refractivity contribution in [2.24, 2.45) is 0 Å². The fourth-order valence-corrected chi connectivity index (χ4v) is 2.82. The molecule has 0 unspecified atom stereocenters. The lowest BCUT2D eigenvalue weighted by molar-refractivity contribution is 0.586. The predicted octanol–water partition coefficient (Wildman–Crippen LogP) is 1.06. The molecule has 1 aromatic carbocycles. The van der Waals surface area contributed by atoms with E-state index in [0.29, 0.717) is 13.1 Å². The summed E-state index contributed by atoms with van der Waals surface area (Å²) in [6, 6.07) is 6.12. The van der Waals surface area contributed by atoms with Crippen molar-refractivity contribution in [3.8, 4) is 0 Å². The molecule has 1 fully saturated rings. The van der Waals surface area contributed by atoms with E-state index in [1.54, 1.807) is 12.1 Å². The van der Waals surface area contributed by atoms with Crippen LogP contribution in [-0.2, 0) is 9.84 Å². The first kappa shape index (κ1) is 10.4. The van der Waals surface area contributed by atoms with Gasteiger partial charge < -0.3 is 4.90 Å². The number of halogens is 1. The number of rotatable bonds is 1. The van der Waals surface area contributed by atoms with Crippen LogP contribution in [-0.4, -0.2) is 33.0 Å². The third-order valence-corrected chi connectivity index (χ3v) is 4.15. The molecule has 0 amide bonds. The highest BCUT2D eigenvalue weighted by Crippen LogP contribution is 2.17. The first-order chi connectivity index (χ1) is 7.07. The maximum Gasteiger partial charge on any atom is 0.153 e. The van der Waals surface area contributed by atoms with Crippen molar-refractivity contribution < 1.29 is 12.8 Å². The van der Waals surface area contributed by atoms with Crippen LogP contribution in [0.3, 0.4) is 0 Å². The van der Waals surface area contributed by atoms with E-state index in [1.807, 2.05) is 4.90 Å². The monoisotopic (exact) mass is 229 g/mol.